The molecule has 0 saturated heterocycles. The summed E-state index contributed by atoms with van der Waals surface area (Å²) in [5, 5.41) is 3.34. The highest BCUT2D eigenvalue weighted by molar-refractivity contribution is 7.19. The van der Waals surface area contributed by atoms with Crippen LogP contribution < -0.4 is 5.56 Å². The Bertz CT molecular complexity index is 1110. The van der Waals surface area contributed by atoms with Gasteiger partial charge in [-0.05, 0) is 31.5 Å². The Balaban J connectivity index is 1.96. The van der Waals surface area contributed by atoms with Gasteiger partial charge in [0.15, 0.2) is 5.82 Å². The lowest BCUT2D eigenvalue weighted by Crippen LogP contribution is -2.09. The summed E-state index contributed by atoms with van der Waals surface area (Å²) in [6.45, 7) is 3.85. The molecule has 1 aromatic carbocycles. The second kappa shape index (κ2) is 5.61. The highest BCUT2D eigenvalue weighted by Gasteiger charge is 2.17. The molecular weight excluding hydrogens is 345 g/mol. The van der Waals surface area contributed by atoms with Crippen molar-refractivity contribution in [2.75, 3.05) is 0 Å². The Morgan fingerprint density at radius 1 is 1.12 bits per heavy atom. The van der Waals surface area contributed by atoms with Crippen LogP contribution >= 0.6 is 22.7 Å². The van der Waals surface area contributed by atoms with Crippen LogP contribution in [0.3, 0.4) is 0 Å². The fourth-order valence-corrected chi connectivity index (χ4v) is 4.32. The molecule has 0 saturated carbocycles. The van der Waals surface area contributed by atoms with Gasteiger partial charge in [-0.3, -0.25) is 4.79 Å². The zero-order valence-corrected chi connectivity index (χ0v) is 14.5. The monoisotopic (exact) mass is 357 g/mol. The predicted octanol–water partition coefficient (Wildman–Crippen LogP) is 4.53. The largest absolute Gasteiger partial charge is 0.305 e. The summed E-state index contributed by atoms with van der Waals surface area (Å²) >= 11 is 2.97. The van der Waals surface area contributed by atoms with Crippen LogP contribution in [-0.4, -0.2) is 15.0 Å². The maximum absolute atomic E-state index is 13.2. The number of fused-ring (bicyclic) bond motifs is 1. The Hall–Kier alpha value is -2.38. The molecule has 1 N–H and O–H groups in total. The highest BCUT2D eigenvalue weighted by Crippen LogP contribution is 2.36. The Morgan fingerprint density at radius 3 is 2.54 bits per heavy atom. The van der Waals surface area contributed by atoms with Crippen LogP contribution in [0.5, 0.6) is 0 Å². The molecule has 0 unspecified atom stereocenters. The first kappa shape index (κ1) is 15.2. The number of rotatable bonds is 2. The minimum atomic E-state index is -0.302. The van der Waals surface area contributed by atoms with Gasteiger partial charge in [0.2, 0.25) is 0 Å². The van der Waals surface area contributed by atoms with Gasteiger partial charge in [0.1, 0.15) is 16.3 Å². The number of nitrogens with zero attached hydrogens (tertiary/aromatic N) is 2. The van der Waals surface area contributed by atoms with Crippen LogP contribution in [0.4, 0.5) is 4.39 Å². The zero-order chi connectivity index (χ0) is 16.8. The molecule has 0 spiro atoms. The quantitative estimate of drug-likeness (QED) is 0.573. The number of H-pyrrole nitrogens is 1. The standard InChI is InChI=1S/C17H12FN3OS2/c1-8-13(10-3-5-11(18)6-4-10)14-16(22)20-15(21-17(14)24-8)12-7-23-9(2)19-12/h3-7H,1-2H3,(H,20,21,22). The fraction of sp³-hybridized carbons (Fsp3) is 0.118. The van der Waals surface area contributed by atoms with E-state index in [4.69, 9.17) is 0 Å². The van der Waals surface area contributed by atoms with Gasteiger partial charge < -0.3 is 4.98 Å². The number of hydrogen-bond acceptors (Lipinski definition) is 5. The van der Waals surface area contributed by atoms with E-state index in [0.717, 1.165) is 21.0 Å². The molecule has 120 valence electrons. The lowest BCUT2D eigenvalue weighted by molar-refractivity contribution is 0.628. The molecule has 3 aromatic heterocycles. The summed E-state index contributed by atoms with van der Waals surface area (Å²) in [6.07, 6.45) is 0. The van der Waals surface area contributed by atoms with E-state index in [1.807, 2.05) is 19.2 Å². The predicted molar refractivity (Wildman–Crippen MR) is 96.2 cm³/mol. The Kier molecular flexibility index (Phi) is 3.54. The van der Waals surface area contributed by atoms with Crippen molar-refractivity contribution < 1.29 is 4.39 Å². The summed E-state index contributed by atoms with van der Waals surface area (Å²) in [5.74, 6) is 0.174. The third-order valence-corrected chi connectivity index (χ3v) is 5.51. The van der Waals surface area contributed by atoms with Gasteiger partial charge in [-0.2, -0.15) is 0 Å². The van der Waals surface area contributed by atoms with Crippen molar-refractivity contribution in [1.82, 2.24) is 15.0 Å². The van der Waals surface area contributed by atoms with Crippen molar-refractivity contribution in [3.63, 3.8) is 0 Å². The molecule has 4 aromatic rings. The lowest BCUT2D eigenvalue weighted by atomic mass is 10.0. The van der Waals surface area contributed by atoms with Crippen LogP contribution in [0, 0.1) is 19.7 Å². The van der Waals surface area contributed by atoms with Crippen LogP contribution in [0.1, 0.15) is 9.88 Å². The number of aromatic amines is 1. The van der Waals surface area contributed by atoms with Crippen LogP contribution in [0.2, 0.25) is 0 Å². The number of aryl methyl sites for hydroxylation is 2. The van der Waals surface area contributed by atoms with Gasteiger partial charge in [0, 0.05) is 15.8 Å². The maximum Gasteiger partial charge on any atom is 0.260 e. The number of aromatic nitrogens is 3. The number of halogens is 1. The molecule has 0 amide bonds. The third-order valence-electron chi connectivity index (χ3n) is 3.73. The van der Waals surface area contributed by atoms with Gasteiger partial charge in [0.25, 0.3) is 5.56 Å². The van der Waals surface area contributed by atoms with E-state index in [2.05, 4.69) is 15.0 Å². The molecule has 4 rings (SSSR count). The van der Waals surface area contributed by atoms with E-state index in [-0.39, 0.29) is 11.4 Å². The van der Waals surface area contributed by atoms with Gasteiger partial charge in [-0.1, -0.05) is 12.1 Å². The SMILES string of the molecule is Cc1nc(-c2nc3sc(C)c(-c4ccc(F)cc4)c3c(=O)[nH]2)cs1. The minimum absolute atomic E-state index is 0.204. The first-order chi connectivity index (χ1) is 11.5. The molecular formula is C17H12FN3OS2. The zero-order valence-electron chi connectivity index (χ0n) is 12.9. The number of hydrogen-bond donors (Lipinski definition) is 1. The van der Waals surface area contributed by atoms with E-state index < -0.39 is 0 Å². The van der Waals surface area contributed by atoms with Crippen LogP contribution in [0.25, 0.3) is 32.9 Å². The first-order valence-electron chi connectivity index (χ1n) is 7.25. The van der Waals surface area contributed by atoms with Gasteiger partial charge in [-0.25, -0.2) is 14.4 Å². The minimum Gasteiger partial charge on any atom is -0.305 e. The van der Waals surface area contributed by atoms with Crippen molar-refractivity contribution >= 4 is 32.9 Å². The third kappa shape index (κ3) is 2.46. The van der Waals surface area contributed by atoms with Crippen LogP contribution in [-0.2, 0) is 0 Å². The second-order valence-electron chi connectivity index (χ2n) is 5.39. The molecule has 3 heterocycles. The molecule has 4 nitrogen and oxygen atoms in total. The Labute approximate surface area is 144 Å². The van der Waals surface area contributed by atoms with Crippen LogP contribution in [0.15, 0.2) is 34.4 Å². The van der Waals surface area contributed by atoms with Crippen molar-refractivity contribution in [1.29, 1.82) is 0 Å². The fourth-order valence-electron chi connectivity index (χ4n) is 2.68. The van der Waals surface area contributed by atoms with Gasteiger partial charge in [0.05, 0.1) is 10.4 Å². The summed E-state index contributed by atoms with van der Waals surface area (Å²) in [7, 11) is 0. The highest BCUT2D eigenvalue weighted by atomic mass is 32.1. The van der Waals surface area contributed by atoms with E-state index in [1.54, 1.807) is 12.1 Å². The van der Waals surface area contributed by atoms with E-state index >= 15 is 0 Å². The van der Waals surface area contributed by atoms with E-state index in [1.165, 1.54) is 34.8 Å². The molecule has 0 atom stereocenters. The number of nitrogens with one attached hydrogen (secondary N) is 1. The molecule has 24 heavy (non-hydrogen) atoms. The summed E-state index contributed by atoms with van der Waals surface area (Å²) < 4.78 is 13.2. The lowest BCUT2D eigenvalue weighted by Gasteiger charge is -2.02. The normalized spacial score (nSPS) is 11.3. The van der Waals surface area contributed by atoms with Crippen molar-refractivity contribution in [2.24, 2.45) is 0 Å². The van der Waals surface area contributed by atoms with Crippen molar-refractivity contribution in [2.45, 2.75) is 13.8 Å². The summed E-state index contributed by atoms with van der Waals surface area (Å²) in [4.78, 5) is 26.1. The molecule has 0 bridgehead atoms. The first-order valence-corrected chi connectivity index (χ1v) is 8.94. The smallest absolute Gasteiger partial charge is 0.260 e. The Morgan fingerprint density at radius 2 is 1.88 bits per heavy atom. The molecule has 0 aliphatic rings. The molecule has 0 aliphatic heterocycles. The average molecular weight is 357 g/mol. The topological polar surface area (TPSA) is 58.6 Å². The van der Waals surface area contributed by atoms with Gasteiger partial charge >= 0.3 is 0 Å². The molecule has 0 aliphatic carbocycles. The molecule has 7 heteroatoms. The van der Waals surface area contributed by atoms with E-state index in [0.29, 0.717) is 21.7 Å². The number of benzene rings is 1. The number of thiophene rings is 1. The van der Waals surface area contributed by atoms with Gasteiger partial charge in [-0.15, -0.1) is 22.7 Å². The van der Waals surface area contributed by atoms with Crippen molar-refractivity contribution in [3.05, 3.63) is 55.7 Å². The maximum atomic E-state index is 13.2. The second-order valence-corrected chi connectivity index (χ2v) is 7.65. The van der Waals surface area contributed by atoms with E-state index in [9.17, 15) is 9.18 Å². The summed E-state index contributed by atoms with van der Waals surface area (Å²) in [5.41, 5.74) is 2.09. The number of thiazole rings is 1. The average Bonchev–Trinajstić information content (AvgIpc) is 3.11. The molecule has 0 fully saturated rings. The summed E-state index contributed by atoms with van der Waals surface area (Å²) in [6, 6.07) is 6.15. The molecule has 0 radical (unpaired) electrons. The van der Waals surface area contributed by atoms with Crippen molar-refractivity contribution in [3.8, 4) is 22.6 Å².